The molecule has 0 heterocycles. The van der Waals surface area contributed by atoms with Gasteiger partial charge in [0, 0.05) is 0 Å². The molecule has 0 atom stereocenters. The van der Waals surface area contributed by atoms with Crippen LogP contribution in [-0.4, -0.2) is 22.8 Å². The van der Waals surface area contributed by atoms with Crippen molar-refractivity contribution in [3.05, 3.63) is 30.1 Å². The summed E-state index contributed by atoms with van der Waals surface area (Å²) in [6, 6.07) is 5.01. The Hall–Kier alpha value is -1.07. The lowest BCUT2D eigenvalue weighted by molar-refractivity contribution is 0.448. The van der Waals surface area contributed by atoms with Gasteiger partial charge in [-0.25, -0.2) is 4.39 Å². The highest BCUT2D eigenvalue weighted by Gasteiger charge is 1.85. The molecular weight excluding hydrogens is 150 g/mol. The number of hydrogen-bond acceptors (Lipinski definition) is 3. The second kappa shape index (κ2) is 5.70. The topological polar surface area (TPSA) is 60.7 Å². The number of benzene rings is 1. The molecule has 59 valence electrons. The van der Waals surface area contributed by atoms with Gasteiger partial charge in [-0.15, -0.1) is 0 Å². The van der Waals surface area contributed by atoms with E-state index in [2.05, 4.69) is 0 Å². The Bertz CT molecular complexity index is 169. The summed E-state index contributed by atoms with van der Waals surface area (Å²) >= 11 is 0. The molecule has 0 saturated carbocycles. The van der Waals surface area contributed by atoms with Gasteiger partial charge in [-0.3, -0.25) is 0 Å². The molecule has 0 fully saturated rings. The predicted molar refractivity (Wildman–Crippen MR) is 38.3 cm³/mol. The van der Waals surface area contributed by atoms with Gasteiger partial charge in [0.25, 0.3) is 0 Å². The van der Waals surface area contributed by atoms with Gasteiger partial charge in [0.05, 0.1) is 0 Å². The molecule has 0 aliphatic rings. The Morgan fingerprint density at radius 3 is 1.73 bits per heavy atom. The van der Waals surface area contributed by atoms with Gasteiger partial charge >= 0.3 is 7.69 Å². The molecule has 0 amide bonds. The van der Waals surface area contributed by atoms with Crippen molar-refractivity contribution in [3.8, 4) is 5.75 Å². The zero-order chi connectivity index (χ0) is 8.69. The molecule has 3 N–H and O–H groups in total. The maximum absolute atomic E-state index is 12.0. The zero-order valence-corrected chi connectivity index (χ0v) is 5.61. The summed E-state index contributed by atoms with van der Waals surface area (Å²) in [6.45, 7) is 0. The van der Waals surface area contributed by atoms with E-state index < -0.39 is 0 Å². The monoisotopic (exact) mass is 157 g/mol. The van der Waals surface area contributed by atoms with Gasteiger partial charge in [-0.05, 0) is 24.3 Å². The van der Waals surface area contributed by atoms with Gasteiger partial charge in [-0.1, -0.05) is 0 Å². The number of halogens is 1. The lowest BCUT2D eigenvalue weighted by atomic mass is 10.3. The fourth-order valence-electron chi connectivity index (χ4n) is 0.441. The van der Waals surface area contributed by atoms with Crippen LogP contribution in [0.4, 0.5) is 4.39 Å². The lowest BCUT2D eigenvalue weighted by Gasteiger charge is -1.86. The first-order valence-electron chi connectivity index (χ1n) is 2.75. The maximum Gasteiger partial charge on any atom is 0.482 e. The van der Waals surface area contributed by atoms with Crippen LogP contribution in [0.25, 0.3) is 0 Å². The van der Waals surface area contributed by atoms with Crippen molar-refractivity contribution in [3.63, 3.8) is 0 Å². The van der Waals surface area contributed by atoms with E-state index in [9.17, 15) is 4.39 Å². The highest BCUT2D eigenvalue weighted by Crippen LogP contribution is 2.06. The van der Waals surface area contributed by atoms with Crippen molar-refractivity contribution in [1.29, 1.82) is 0 Å². The van der Waals surface area contributed by atoms with Crippen LogP contribution in [0.1, 0.15) is 0 Å². The third-order valence-electron chi connectivity index (χ3n) is 0.827. The first-order chi connectivity index (χ1) is 5.20. The quantitative estimate of drug-likeness (QED) is 0.465. The molecular formula is C6H7BFO3. The van der Waals surface area contributed by atoms with Crippen molar-refractivity contribution in [1.82, 2.24) is 0 Å². The Morgan fingerprint density at radius 1 is 1.09 bits per heavy atom. The summed E-state index contributed by atoms with van der Waals surface area (Å²) < 4.78 is 12.0. The minimum absolute atomic E-state index is 0. The molecule has 3 nitrogen and oxygen atoms in total. The molecule has 1 aromatic carbocycles. The molecule has 0 bridgehead atoms. The van der Waals surface area contributed by atoms with Crippen LogP contribution in [0.5, 0.6) is 5.75 Å². The number of rotatable bonds is 0. The minimum Gasteiger partial charge on any atom is -0.508 e. The zero-order valence-electron chi connectivity index (χ0n) is 5.61. The average Bonchev–Trinajstić information content (AvgIpc) is 1.97. The lowest BCUT2D eigenvalue weighted by Crippen LogP contribution is -1.75. The van der Waals surface area contributed by atoms with Gasteiger partial charge in [0.15, 0.2) is 0 Å². The minimum atomic E-state index is -0.331. The normalized spacial score (nSPS) is 7.91. The van der Waals surface area contributed by atoms with E-state index in [1.165, 1.54) is 24.3 Å². The Labute approximate surface area is 64.0 Å². The van der Waals surface area contributed by atoms with Crippen LogP contribution in [0.15, 0.2) is 24.3 Å². The fourth-order valence-corrected chi connectivity index (χ4v) is 0.441. The Morgan fingerprint density at radius 2 is 1.45 bits per heavy atom. The molecule has 1 radical (unpaired) electrons. The average molecular weight is 157 g/mol. The summed E-state index contributed by atoms with van der Waals surface area (Å²) in [5, 5.41) is 22.6. The van der Waals surface area contributed by atoms with Crippen molar-refractivity contribution in [2.75, 3.05) is 0 Å². The SMILES string of the molecule is O[B]O.Oc1ccc(F)cc1. The van der Waals surface area contributed by atoms with Gasteiger partial charge in [0.2, 0.25) is 0 Å². The molecule has 0 unspecified atom stereocenters. The molecule has 0 saturated heterocycles. The third-order valence-corrected chi connectivity index (χ3v) is 0.827. The van der Waals surface area contributed by atoms with Crippen LogP contribution in [0.2, 0.25) is 0 Å². The molecule has 5 heteroatoms. The van der Waals surface area contributed by atoms with Crippen molar-refractivity contribution < 1.29 is 19.5 Å². The molecule has 0 aliphatic heterocycles. The molecule has 0 spiro atoms. The van der Waals surface area contributed by atoms with E-state index in [0.29, 0.717) is 0 Å². The number of hydrogen-bond donors (Lipinski definition) is 3. The largest absolute Gasteiger partial charge is 0.508 e. The van der Waals surface area contributed by atoms with E-state index >= 15 is 0 Å². The van der Waals surface area contributed by atoms with Crippen LogP contribution in [0.3, 0.4) is 0 Å². The molecule has 11 heavy (non-hydrogen) atoms. The summed E-state index contributed by atoms with van der Waals surface area (Å²) in [7, 11) is 0. The van der Waals surface area contributed by atoms with Crippen LogP contribution < -0.4 is 0 Å². The summed E-state index contributed by atoms with van der Waals surface area (Å²) in [6.07, 6.45) is 0. The van der Waals surface area contributed by atoms with E-state index in [0.717, 1.165) is 0 Å². The van der Waals surface area contributed by atoms with Crippen molar-refractivity contribution in [2.45, 2.75) is 0 Å². The van der Waals surface area contributed by atoms with Gasteiger partial charge in [-0.2, -0.15) is 0 Å². The summed E-state index contributed by atoms with van der Waals surface area (Å²) in [4.78, 5) is 0. The second-order valence-electron chi connectivity index (χ2n) is 1.59. The van der Waals surface area contributed by atoms with Crippen LogP contribution >= 0.6 is 0 Å². The smallest absolute Gasteiger partial charge is 0.482 e. The fraction of sp³-hybridized carbons (Fsp3) is 0. The van der Waals surface area contributed by atoms with Crippen molar-refractivity contribution in [2.24, 2.45) is 0 Å². The van der Waals surface area contributed by atoms with Crippen molar-refractivity contribution >= 4 is 7.69 Å². The van der Waals surface area contributed by atoms with Crippen LogP contribution in [-0.2, 0) is 0 Å². The second-order valence-corrected chi connectivity index (χ2v) is 1.59. The van der Waals surface area contributed by atoms with Gasteiger partial charge < -0.3 is 15.2 Å². The molecule has 0 aliphatic carbocycles. The summed E-state index contributed by atoms with van der Waals surface area (Å²) in [5.74, 6) is -0.241. The number of phenols is 1. The van der Waals surface area contributed by atoms with E-state index in [4.69, 9.17) is 15.2 Å². The van der Waals surface area contributed by atoms with E-state index in [1.54, 1.807) is 0 Å². The Kier molecular flexibility index (Phi) is 5.15. The van der Waals surface area contributed by atoms with Gasteiger partial charge in [0.1, 0.15) is 11.6 Å². The number of phenolic OH excluding ortho intramolecular Hbond substituents is 1. The molecule has 1 rings (SSSR count). The first-order valence-corrected chi connectivity index (χ1v) is 2.75. The molecule has 1 aromatic rings. The standard InChI is InChI=1S/C6H5FO.BH2O2/c7-5-1-3-6(8)4-2-5;2-1-3/h1-4,8H;2-3H. The predicted octanol–water partition coefficient (Wildman–Crippen LogP) is 0.0365. The maximum atomic E-state index is 12.0. The van der Waals surface area contributed by atoms with E-state index in [1.807, 2.05) is 0 Å². The molecule has 0 aromatic heterocycles. The first kappa shape index (κ1) is 9.93. The van der Waals surface area contributed by atoms with Crippen LogP contribution in [0, 0.1) is 5.82 Å². The number of aromatic hydroxyl groups is 1. The highest BCUT2D eigenvalue weighted by atomic mass is 19.1. The third kappa shape index (κ3) is 5.38. The highest BCUT2D eigenvalue weighted by molar-refractivity contribution is 6.13. The summed E-state index contributed by atoms with van der Waals surface area (Å²) in [5.41, 5.74) is 0. The Balaban J connectivity index is 0.000000292. The van der Waals surface area contributed by atoms with E-state index in [-0.39, 0.29) is 19.3 Å².